The van der Waals surface area contributed by atoms with Gasteiger partial charge in [0, 0.05) is 65.0 Å². The summed E-state index contributed by atoms with van der Waals surface area (Å²) in [5.41, 5.74) is -0.314. The van der Waals surface area contributed by atoms with E-state index in [1.165, 1.54) is 14.0 Å². The number of aromatic nitrogens is 1. The molecule has 2 saturated heterocycles. The maximum absolute atomic E-state index is 14.8. The molecule has 0 spiro atoms. The van der Waals surface area contributed by atoms with Crippen molar-refractivity contribution in [3.8, 4) is 5.19 Å². The Hall–Kier alpha value is -2.28. The number of thiazole rings is 1. The number of amides is 1. The van der Waals surface area contributed by atoms with Crippen LogP contribution in [0.5, 0.6) is 5.19 Å². The van der Waals surface area contributed by atoms with E-state index in [1.54, 1.807) is 12.1 Å². The highest BCUT2D eigenvalue weighted by Crippen LogP contribution is 2.34. The van der Waals surface area contributed by atoms with Crippen molar-refractivity contribution in [3.63, 3.8) is 0 Å². The lowest BCUT2D eigenvalue weighted by atomic mass is 9.98. The molecule has 0 radical (unpaired) electrons. The zero-order valence-electron chi connectivity index (χ0n) is 19.3. The minimum Gasteiger partial charge on any atom is -0.467 e. The molecule has 2 aliphatic rings. The van der Waals surface area contributed by atoms with Crippen LogP contribution in [0.1, 0.15) is 28.9 Å². The summed E-state index contributed by atoms with van der Waals surface area (Å²) in [6.45, 7) is 4.95. The van der Waals surface area contributed by atoms with E-state index in [9.17, 15) is 17.6 Å². The number of nitrogens with zero attached hydrogens (tertiary/aromatic N) is 3. The molecule has 0 aliphatic carbocycles. The van der Waals surface area contributed by atoms with Gasteiger partial charge in [-0.1, -0.05) is 23.5 Å². The lowest BCUT2D eigenvalue weighted by Crippen LogP contribution is -2.44. The number of sulfonamides is 1. The van der Waals surface area contributed by atoms with Crippen LogP contribution in [0.2, 0.25) is 0 Å². The molecule has 34 heavy (non-hydrogen) atoms. The standard InChI is InChI=1S/C22H29FN4O5S2/c1-16-20(33-21(25-16)32-15-22(23)7-13-31-14-8-22)34(29,30)26(2)19(28)17-5-3-4-6-18(17)27-11-9-24-10-12-27/h3-6,24H,7-15H2,1-2H3. The van der Waals surface area contributed by atoms with Crippen molar-refractivity contribution in [1.82, 2.24) is 14.6 Å². The number of benzene rings is 1. The van der Waals surface area contributed by atoms with Gasteiger partial charge in [0.2, 0.25) is 0 Å². The molecule has 1 N–H and O–H groups in total. The van der Waals surface area contributed by atoms with Gasteiger partial charge in [0.15, 0.2) is 4.21 Å². The Balaban J connectivity index is 1.53. The average Bonchev–Trinajstić information content (AvgIpc) is 3.24. The quantitative estimate of drug-likeness (QED) is 0.603. The smallest absolute Gasteiger partial charge is 0.278 e. The van der Waals surface area contributed by atoms with E-state index in [-0.39, 0.29) is 34.5 Å². The van der Waals surface area contributed by atoms with Crippen LogP contribution in [0, 0.1) is 6.92 Å². The van der Waals surface area contributed by atoms with E-state index in [0.29, 0.717) is 24.5 Å². The van der Waals surface area contributed by atoms with Crippen LogP contribution in [-0.2, 0) is 14.8 Å². The van der Waals surface area contributed by atoms with Gasteiger partial charge in [-0.05, 0) is 19.1 Å². The van der Waals surface area contributed by atoms with Crippen LogP contribution in [0.25, 0.3) is 0 Å². The van der Waals surface area contributed by atoms with E-state index < -0.39 is 21.6 Å². The third kappa shape index (κ3) is 5.19. The second kappa shape index (κ2) is 10.1. The van der Waals surface area contributed by atoms with E-state index in [1.807, 2.05) is 12.1 Å². The number of rotatable bonds is 7. The molecular weight excluding hydrogens is 483 g/mol. The first-order valence-electron chi connectivity index (χ1n) is 11.2. The molecule has 9 nitrogen and oxygen atoms in total. The Morgan fingerprint density at radius 3 is 2.68 bits per heavy atom. The molecule has 2 fully saturated rings. The fourth-order valence-corrected chi connectivity index (χ4v) is 6.58. The van der Waals surface area contributed by atoms with Crippen LogP contribution in [0.4, 0.5) is 10.1 Å². The van der Waals surface area contributed by atoms with Gasteiger partial charge in [-0.3, -0.25) is 4.79 Å². The first-order valence-corrected chi connectivity index (χ1v) is 13.4. The average molecular weight is 513 g/mol. The molecule has 1 aromatic heterocycles. The number of hydrogen-bond acceptors (Lipinski definition) is 9. The van der Waals surface area contributed by atoms with Gasteiger partial charge in [-0.15, -0.1) is 0 Å². The van der Waals surface area contributed by atoms with Crippen molar-refractivity contribution < 1.29 is 27.1 Å². The number of piperazine rings is 1. The van der Waals surface area contributed by atoms with Crippen molar-refractivity contribution in [2.75, 3.05) is 57.9 Å². The molecule has 0 bridgehead atoms. The van der Waals surface area contributed by atoms with E-state index in [0.717, 1.165) is 41.8 Å². The Kier molecular flexibility index (Phi) is 7.41. The molecule has 4 rings (SSSR count). The van der Waals surface area contributed by atoms with Gasteiger partial charge >= 0.3 is 0 Å². The van der Waals surface area contributed by atoms with Gasteiger partial charge in [0.25, 0.3) is 21.1 Å². The molecule has 1 amide bonds. The lowest BCUT2D eigenvalue weighted by Gasteiger charge is -2.31. The van der Waals surface area contributed by atoms with Crippen LogP contribution < -0.4 is 15.0 Å². The number of aryl methyl sites for hydroxylation is 1. The maximum Gasteiger partial charge on any atom is 0.278 e. The Labute approximate surface area is 202 Å². The molecule has 2 aromatic rings. The van der Waals surface area contributed by atoms with Crippen molar-refractivity contribution in [3.05, 3.63) is 35.5 Å². The highest BCUT2D eigenvalue weighted by atomic mass is 32.2. The molecule has 0 saturated carbocycles. The molecule has 0 unspecified atom stereocenters. The van der Waals surface area contributed by atoms with Gasteiger partial charge in [0.05, 0.1) is 11.3 Å². The molecule has 0 atom stereocenters. The third-order valence-corrected chi connectivity index (χ3v) is 9.45. The number of para-hydroxylation sites is 1. The zero-order valence-corrected chi connectivity index (χ0v) is 20.9. The summed E-state index contributed by atoms with van der Waals surface area (Å²) in [5, 5.41) is 3.32. The normalized spacial score (nSPS) is 18.5. The summed E-state index contributed by atoms with van der Waals surface area (Å²) in [6, 6.07) is 7.00. The first kappa shape index (κ1) is 24.8. The summed E-state index contributed by atoms with van der Waals surface area (Å²) < 4.78 is 52.8. The summed E-state index contributed by atoms with van der Waals surface area (Å²) in [6.07, 6.45) is 0.429. The SMILES string of the molecule is Cc1nc(OCC2(F)CCOCC2)sc1S(=O)(=O)N(C)C(=O)c1ccccc1N1CCNCC1. The molecule has 2 aliphatic heterocycles. The fraction of sp³-hybridized carbons (Fsp3) is 0.545. The minimum absolute atomic E-state index is 0.0571. The largest absolute Gasteiger partial charge is 0.467 e. The van der Waals surface area contributed by atoms with E-state index in [2.05, 4.69) is 15.2 Å². The first-order chi connectivity index (χ1) is 16.2. The summed E-state index contributed by atoms with van der Waals surface area (Å²) in [4.78, 5) is 19.5. The van der Waals surface area contributed by atoms with Crippen molar-refractivity contribution in [2.24, 2.45) is 0 Å². The van der Waals surface area contributed by atoms with Gasteiger partial charge in [0.1, 0.15) is 12.3 Å². The zero-order chi connectivity index (χ0) is 24.3. The van der Waals surface area contributed by atoms with Crippen molar-refractivity contribution >= 4 is 33.0 Å². The van der Waals surface area contributed by atoms with Crippen LogP contribution in [0.3, 0.4) is 0 Å². The molecule has 1 aromatic carbocycles. The number of carbonyl (C=O) groups excluding carboxylic acids is 1. The Morgan fingerprint density at radius 1 is 1.29 bits per heavy atom. The number of halogens is 1. The molecular formula is C22H29FN4O5S2. The van der Waals surface area contributed by atoms with Crippen LogP contribution in [0.15, 0.2) is 28.5 Å². The lowest BCUT2D eigenvalue weighted by molar-refractivity contribution is -0.0324. The number of ether oxygens (including phenoxy) is 2. The van der Waals surface area contributed by atoms with Gasteiger partial charge in [-0.25, -0.2) is 22.1 Å². The highest BCUT2D eigenvalue weighted by Gasteiger charge is 2.35. The van der Waals surface area contributed by atoms with Crippen molar-refractivity contribution in [1.29, 1.82) is 0 Å². The summed E-state index contributed by atoms with van der Waals surface area (Å²) in [7, 11) is -2.95. The molecule has 12 heteroatoms. The molecule has 3 heterocycles. The van der Waals surface area contributed by atoms with Crippen LogP contribution in [-0.4, -0.2) is 82.3 Å². The maximum atomic E-state index is 14.8. The minimum atomic E-state index is -4.19. The monoisotopic (exact) mass is 512 g/mol. The fourth-order valence-electron chi connectivity index (χ4n) is 3.97. The predicted molar refractivity (Wildman–Crippen MR) is 127 cm³/mol. The summed E-state index contributed by atoms with van der Waals surface area (Å²) in [5.74, 6) is -0.630. The number of hydrogen-bond donors (Lipinski definition) is 1. The van der Waals surface area contributed by atoms with Gasteiger partial charge in [-0.2, -0.15) is 0 Å². The Morgan fingerprint density at radius 2 is 1.97 bits per heavy atom. The number of alkyl halides is 1. The number of nitrogens with one attached hydrogen (secondary N) is 1. The van der Waals surface area contributed by atoms with Crippen LogP contribution >= 0.6 is 11.3 Å². The van der Waals surface area contributed by atoms with Gasteiger partial charge < -0.3 is 19.7 Å². The third-order valence-electron chi connectivity index (χ3n) is 6.05. The van der Waals surface area contributed by atoms with E-state index in [4.69, 9.17) is 9.47 Å². The highest BCUT2D eigenvalue weighted by molar-refractivity contribution is 7.91. The number of anilines is 1. The second-order valence-corrected chi connectivity index (χ2v) is 11.6. The second-order valence-electron chi connectivity index (χ2n) is 8.44. The molecule has 186 valence electrons. The predicted octanol–water partition coefficient (Wildman–Crippen LogP) is 2.22. The van der Waals surface area contributed by atoms with E-state index >= 15 is 0 Å². The topological polar surface area (TPSA) is 101 Å². The Bertz CT molecular complexity index is 1130. The van der Waals surface area contributed by atoms with Crippen molar-refractivity contribution in [2.45, 2.75) is 29.6 Å². The number of carbonyl (C=O) groups is 1. The summed E-state index contributed by atoms with van der Waals surface area (Å²) >= 11 is 0.795.